The first-order valence-corrected chi connectivity index (χ1v) is 2.30. The predicted octanol–water partition coefficient (Wildman–Crippen LogP) is -1.68. The maximum Gasteiger partial charge on any atom is 3.00 e. The van der Waals surface area contributed by atoms with Gasteiger partial charge in [0.25, 0.3) is 7.82 Å². The Labute approximate surface area is 65.2 Å². The molecule has 0 fully saturated rings. The topological polar surface area (TPSA) is 109 Å². The van der Waals surface area contributed by atoms with Gasteiger partial charge in [-0.2, -0.15) is 0 Å². The Morgan fingerprint density at radius 2 is 1.43 bits per heavy atom. The summed E-state index contributed by atoms with van der Waals surface area (Å²) in [7, 11) is -4.89. The molecule has 0 radical (unpaired) electrons. The van der Waals surface area contributed by atoms with Crippen LogP contribution in [0.25, 0.3) is 0 Å². The molecule has 0 spiro atoms. The van der Waals surface area contributed by atoms with Gasteiger partial charge in [0.05, 0.1) is 0 Å². The van der Waals surface area contributed by atoms with E-state index in [-0.39, 0.29) is 38.2 Å². The summed E-state index contributed by atoms with van der Waals surface area (Å²) < 4.78 is 8.77. The van der Waals surface area contributed by atoms with Crippen LogP contribution >= 0.6 is 7.82 Å². The van der Waals surface area contributed by atoms with Gasteiger partial charge in [0, 0.05) is 0 Å². The molecule has 40 valence electrons. The van der Waals surface area contributed by atoms with Crippen LogP contribution in [0.4, 0.5) is 0 Å². The molecule has 0 aromatic rings. The van der Waals surface area contributed by atoms with Crippen molar-refractivity contribution in [3.05, 3.63) is 0 Å². The molecule has 0 aliphatic carbocycles. The first-order valence-electron chi connectivity index (χ1n) is 0.765. The van der Waals surface area contributed by atoms with E-state index < -0.39 is 7.82 Å². The van der Waals surface area contributed by atoms with E-state index in [4.69, 9.17) is 19.2 Å². The van der Waals surface area contributed by atoms with E-state index in [1.54, 1.807) is 0 Å². The van der Waals surface area contributed by atoms with Crippen molar-refractivity contribution in [3.8, 4) is 0 Å². The largest absolute Gasteiger partial charge is 3.00 e. The summed E-state index contributed by atoms with van der Waals surface area (Å²) in [4.78, 5) is 22.9. The molecule has 0 bridgehead atoms. The monoisotopic (exact) mass is 202 g/mol. The SMILES string of the molecule is O=P([O-])(O)O.[O-2].[Y+3]. The van der Waals surface area contributed by atoms with Gasteiger partial charge in [-0.15, -0.1) is 0 Å². The van der Waals surface area contributed by atoms with E-state index in [1.165, 1.54) is 0 Å². The molecule has 0 amide bonds. The van der Waals surface area contributed by atoms with Crippen LogP contribution in [-0.4, -0.2) is 9.79 Å². The molecule has 5 nitrogen and oxygen atoms in total. The molecule has 0 rings (SSSR count). The third kappa shape index (κ3) is 139. The van der Waals surface area contributed by atoms with E-state index in [2.05, 4.69) is 0 Å². The molecule has 0 aliphatic heterocycles. The van der Waals surface area contributed by atoms with Gasteiger partial charge >= 0.3 is 32.7 Å². The van der Waals surface area contributed by atoms with E-state index in [9.17, 15) is 0 Å². The van der Waals surface area contributed by atoms with Crippen molar-refractivity contribution in [1.29, 1.82) is 0 Å². The Morgan fingerprint density at radius 1 is 1.43 bits per heavy atom. The Bertz CT molecular complexity index is 54.2. The molecule has 0 aliphatic rings. The van der Waals surface area contributed by atoms with Gasteiger partial charge < -0.3 is 20.2 Å². The fraction of sp³-hybridized carbons (Fsp3) is 0. The van der Waals surface area contributed by atoms with E-state index in [0.717, 1.165) is 0 Å². The van der Waals surface area contributed by atoms with Crippen molar-refractivity contribution in [2.75, 3.05) is 0 Å². The van der Waals surface area contributed by atoms with Crippen LogP contribution in [0.2, 0.25) is 0 Å². The van der Waals surface area contributed by atoms with Crippen LogP contribution < -0.4 is 4.89 Å². The average Bonchev–Trinajstić information content (AvgIpc) is 0.722. The third-order valence-electron chi connectivity index (χ3n) is 0. The quantitative estimate of drug-likeness (QED) is 0.457. The number of phosphoric acid groups is 1. The van der Waals surface area contributed by atoms with Gasteiger partial charge in [-0.3, -0.25) is 4.57 Å². The molecular formula is H2O5PY. The Morgan fingerprint density at radius 3 is 1.43 bits per heavy atom. The second-order valence-electron chi connectivity index (χ2n) is 0.491. The third-order valence-corrected chi connectivity index (χ3v) is 0. The van der Waals surface area contributed by atoms with E-state index in [0.29, 0.717) is 0 Å². The average molecular weight is 202 g/mol. The smallest absolute Gasteiger partial charge is 2.00 e. The molecule has 2 N–H and O–H groups in total. The summed E-state index contributed by atoms with van der Waals surface area (Å²) in [5.74, 6) is 0. The van der Waals surface area contributed by atoms with Crippen molar-refractivity contribution in [2.45, 2.75) is 0 Å². The summed E-state index contributed by atoms with van der Waals surface area (Å²) in [5.41, 5.74) is 0. The van der Waals surface area contributed by atoms with E-state index >= 15 is 0 Å². The zero-order valence-electron chi connectivity index (χ0n) is 3.14. The summed E-state index contributed by atoms with van der Waals surface area (Å²) in [5, 5.41) is 0. The molecule has 0 unspecified atom stereocenters. The van der Waals surface area contributed by atoms with Crippen LogP contribution in [0.3, 0.4) is 0 Å². The first kappa shape index (κ1) is 15.7. The standard InChI is InChI=1S/H3O4P.O.Y/c1-5(2,3)4;;/h(H3,1,2,3,4);;/q;-2;+3/p-1. The van der Waals surface area contributed by atoms with E-state index in [1.807, 2.05) is 0 Å². The van der Waals surface area contributed by atoms with Gasteiger partial charge in [0.1, 0.15) is 0 Å². The van der Waals surface area contributed by atoms with Crippen molar-refractivity contribution in [3.63, 3.8) is 0 Å². The van der Waals surface area contributed by atoms with Crippen molar-refractivity contribution in [2.24, 2.45) is 0 Å². The Balaban J connectivity index is -0.0000000800. The molecular weight excluding hydrogens is 200 g/mol. The first-order chi connectivity index (χ1) is 2.00. The normalized spacial score (nSPS) is 8.43. The zero-order chi connectivity index (χ0) is 4.50. The van der Waals surface area contributed by atoms with Crippen molar-refractivity contribution >= 4 is 7.82 Å². The van der Waals surface area contributed by atoms with Gasteiger partial charge in [-0.05, 0) is 0 Å². The number of hydrogen-bond acceptors (Lipinski definition) is 2. The zero-order valence-corrected chi connectivity index (χ0v) is 6.88. The maximum absolute atomic E-state index is 8.77. The molecule has 7 heavy (non-hydrogen) atoms. The predicted molar refractivity (Wildman–Crippen MR) is 12.7 cm³/mol. The van der Waals surface area contributed by atoms with Crippen LogP contribution in [0.1, 0.15) is 0 Å². The summed E-state index contributed by atoms with van der Waals surface area (Å²) in [6.45, 7) is 0. The molecule has 0 aromatic heterocycles. The molecule has 0 saturated carbocycles. The molecule has 0 atom stereocenters. The second-order valence-corrected chi connectivity index (χ2v) is 1.47. The Kier molecular flexibility index (Phi) is 11.9. The molecule has 0 heterocycles. The van der Waals surface area contributed by atoms with Crippen LogP contribution in [0.15, 0.2) is 0 Å². The molecule has 0 saturated heterocycles. The van der Waals surface area contributed by atoms with Crippen LogP contribution in [-0.2, 0) is 42.8 Å². The van der Waals surface area contributed by atoms with Gasteiger partial charge in [-0.25, -0.2) is 0 Å². The summed E-state index contributed by atoms with van der Waals surface area (Å²) in [6.07, 6.45) is 0. The van der Waals surface area contributed by atoms with Gasteiger partial charge in [0.15, 0.2) is 0 Å². The minimum absolute atomic E-state index is 0. The van der Waals surface area contributed by atoms with Crippen molar-refractivity contribution < 1.29 is 57.4 Å². The number of rotatable bonds is 0. The summed E-state index contributed by atoms with van der Waals surface area (Å²) >= 11 is 0. The minimum atomic E-state index is -4.89. The fourth-order valence-electron chi connectivity index (χ4n) is 0. The van der Waals surface area contributed by atoms with Crippen LogP contribution in [0, 0.1) is 0 Å². The van der Waals surface area contributed by atoms with Crippen LogP contribution in [0.5, 0.6) is 0 Å². The Hall–Kier alpha value is 1.17. The fourth-order valence-corrected chi connectivity index (χ4v) is 0. The van der Waals surface area contributed by atoms with Gasteiger partial charge in [-0.1, -0.05) is 0 Å². The maximum atomic E-state index is 8.77. The van der Waals surface area contributed by atoms with Gasteiger partial charge in [0.2, 0.25) is 0 Å². The van der Waals surface area contributed by atoms with Crippen molar-refractivity contribution in [1.82, 2.24) is 0 Å². The second kappa shape index (κ2) is 5.31. The molecule has 0 aromatic carbocycles. The summed E-state index contributed by atoms with van der Waals surface area (Å²) in [6, 6.07) is 0. The molecule has 7 heteroatoms. The number of hydrogen-bond donors (Lipinski definition) is 2. The minimum Gasteiger partial charge on any atom is -2.00 e.